The number of ether oxygens (including phenoxy) is 1. The van der Waals surface area contributed by atoms with E-state index in [4.69, 9.17) is 4.74 Å². The molecular formula is C20H31N5O3. The van der Waals surface area contributed by atoms with Gasteiger partial charge in [-0.1, -0.05) is 19.1 Å². The van der Waals surface area contributed by atoms with E-state index in [0.717, 1.165) is 23.6 Å². The minimum Gasteiger partial charge on any atom is -0.450 e. The number of nitrogens with zero attached hydrogens (tertiary/aromatic N) is 3. The highest BCUT2D eigenvalue weighted by atomic mass is 16.6. The van der Waals surface area contributed by atoms with Crippen molar-refractivity contribution in [1.29, 1.82) is 0 Å². The predicted molar refractivity (Wildman–Crippen MR) is 110 cm³/mol. The molecule has 1 aromatic carbocycles. The zero-order valence-corrected chi connectivity index (χ0v) is 17.0. The molecule has 1 aliphatic rings. The van der Waals surface area contributed by atoms with Gasteiger partial charge in [-0.15, -0.1) is 0 Å². The Balaban J connectivity index is 1.86. The molecule has 0 atom stereocenters. The van der Waals surface area contributed by atoms with Gasteiger partial charge in [-0.25, -0.2) is 4.79 Å². The molecule has 8 nitrogen and oxygen atoms in total. The molecule has 0 unspecified atom stereocenters. The summed E-state index contributed by atoms with van der Waals surface area (Å²) < 4.78 is 5.06. The van der Waals surface area contributed by atoms with Crippen LogP contribution in [-0.4, -0.2) is 67.6 Å². The first-order valence-electron chi connectivity index (χ1n) is 9.83. The molecule has 1 fully saturated rings. The van der Waals surface area contributed by atoms with Crippen LogP contribution in [0.25, 0.3) is 0 Å². The Labute approximate surface area is 166 Å². The Morgan fingerprint density at radius 1 is 1.14 bits per heavy atom. The summed E-state index contributed by atoms with van der Waals surface area (Å²) in [6, 6.07) is 7.79. The number of rotatable bonds is 6. The Bertz CT molecular complexity index is 684. The van der Waals surface area contributed by atoms with Gasteiger partial charge in [0, 0.05) is 51.9 Å². The largest absolute Gasteiger partial charge is 0.450 e. The molecule has 2 N–H and O–H groups in total. The fourth-order valence-corrected chi connectivity index (χ4v) is 3.04. The highest BCUT2D eigenvalue weighted by Crippen LogP contribution is 2.12. The number of amides is 2. The van der Waals surface area contributed by atoms with Crippen molar-refractivity contribution in [2.75, 3.05) is 45.2 Å². The second-order valence-electron chi connectivity index (χ2n) is 6.57. The highest BCUT2D eigenvalue weighted by molar-refractivity contribution is 5.90. The van der Waals surface area contributed by atoms with Crippen molar-refractivity contribution in [3.8, 4) is 0 Å². The lowest BCUT2D eigenvalue weighted by Crippen LogP contribution is -2.53. The summed E-state index contributed by atoms with van der Waals surface area (Å²) in [6.45, 7) is 7.40. The fourth-order valence-electron chi connectivity index (χ4n) is 3.04. The van der Waals surface area contributed by atoms with Gasteiger partial charge >= 0.3 is 6.09 Å². The number of piperazine rings is 1. The van der Waals surface area contributed by atoms with E-state index in [1.54, 1.807) is 11.9 Å². The number of carbonyl (C=O) groups is 2. The number of aliphatic imine (C=N–C) groups is 1. The van der Waals surface area contributed by atoms with Crippen LogP contribution in [0.15, 0.2) is 29.3 Å². The Morgan fingerprint density at radius 3 is 2.50 bits per heavy atom. The molecule has 0 radical (unpaired) electrons. The molecule has 2 rings (SSSR count). The van der Waals surface area contributed by atoms with E-state index in [2.05, 4.69) is 20.5 Å². The van der Waals surface area contributed by atoms with Gasteiger partial charge in [0.05, 0.1) is 6.61 Å². The molecule has 8 heteroatoms. The minimum atomic E-state index is -0.257. The van der Waals surface area contributed by atoms with Crippen LogP contribution < -0.4 is 10.6 Å². The first-order valence-corrected chi connectivity index (χ1v) is 9.83. The third-order valence-electron chi connectivity index (χ3n) is 4.46. The van der Waals surface area contributed by atoms with E-state index in [0.29, 0.717) is 45.8 Å². The van der Waals surface area contributed by atoms with Crippen LogP contribution in [0.1, 0.15) is 32.3 Å². The Hall–Kier alpha value is -2.77. The minimum absolute atomic E-state index is 0.0305. The van der Waals surface area contributed by atoms with Crippen LogP contribution in [-0.2, 0) is 16.1 Å². The van der Waals surface area contributed by atoms with Crippen molar-refractivity contribution in [3.05, 3.63) is 29.8 Å². The molecule has 0 aromatic heterocycles. The van der Waals surface area contributed by atoms with Crippen LogP contribution in [0.5, 0.6) is 0 Å². The lowest BCUT2D eigenvalue weighted by atomic mass is 10.2. The quantitative estimate of drug-likeness (QED) is 0.576. The monoisotopic (exact) mass is 389 g/mol. The van der Waals surface area contributed by atoms with Crippen LogP contribution >= 0.6 is 0 Å². The standard InChI is InChI=1S/C20H31N5O3/c1-4-7-18(26)23-17-9-6-8-16(14-17)15-22-19(21-3)24-10-12-25(13-11-24)20(27)28-5-2/h6,8-9,14H,4-5,7,10-13,15H2,1-3H3,(H,21,22)(H,23,26). The Kier molecular flexibility index (Phi) is 8.58. The lowest BCUT2D eigenvalue weighted by molar-refractivity contribution is -0.116. The molecule has 1 heterocycles. The smallest absolute Gasteiger partial charge is 0.409 e. The molecule has 1 aliphatic heterocycles. The van der Waals surface area contributed by atoms with E-state index in [-0.39, 0.29) is 12.0 Å². The number of hydrogen-bond acceptors (Lipinski definition) is 4. The first-order chi connectivity index (χ1) is 13.6. The molecule has 28 heavy (non-hydrogen) atoms. The fraction of sp³-hybridized carbons (Fsp3) is 0.550. The summed E-state index contributed by atoms with van der Waals surface area (Å²) in [5, 5.41) is 6.28. The van der Waals surface area contributed by atoms with E-state index < -0.39 is 0 Å². The second-order valence-corrected chi connectivity index (χ2v) is 6.57. The summed E-state index contributed by atoms with van der Waals surface area (Å²) in [5.74, 6) is 0.826. The highest BCUT2D eigenvalue weighted by Gasteiger charge is 2.23. The number of carbonyl (C=O) groups excluding carboxylic acids is 2. The Morgan fingerprint density at radius 2 is 1.86 bits per heavy atom. The number of benzene rings is 1. The zero-order chi connectivity index (χ0) is 20.4. The van der Waals surface area contributed by atoms with E-state index in [1.807, 2.05) is 38.1 Å². The molecule has 2 amide bonds. The number of guanidine groups is 1. The van der Waals surface area contributed by atoms with E-state index in [9.17, 15) is 9.59 Å². The molecular weight excluding hydrogens is 358 g/mol. The summed E-state index contributed by atoms with van der Waals surface area (Å²) in [7, 11) is 1.75. The maximum Gasteiger partial charge on any atom is 0.409 e. The summed E-state index contributed by atoms with van der Waals surface area (Å²) >= 11 is 0. The van der Waals surface area contributed by atoms with Crippen LogP contribution in [0, 0.1) is 0 Å². The molecule has 0 spiro atoms. The van der Waals surface area contributed by atoms with E-state index >= 15 is 0 Å². The van der Waals surface area contributed by atoms with Crippen molar-refractivity contribution in [2.45, 2.75) is 33.2 Å². The van der Waals surface area contributed by atoms with Gasteiger partial charge in [0.15, 0.2) is 5.96 Å². The normalized spacial score (nSPS) is 14.6. The van der Waals surface area contributed by atoms with Gasteiger partial charge in [0.25, 0.3) is 0 Å². The molecule has 1 aromatic rings. The van der Waals surface area contributed by atoms with Crippen LogP contribution in [0.3, 0.4) is 0 Å². The van der Waals surface area contributed by atoms with E-state index in [1.165, 1.54) is 0 Å². The van der Waals surface area contributed by atoms with Crippen molar-refractivity contribution in [2.24, 2.45) is 4.99 Å². The van der Waals surface area contributed by atoms with Gasteiger partial charge in [0.2, 0.25) is 5.91 Å². The number of anilines is 1. The topological polar surface area (TPSA) is 86.3 Å². The third-order valence-corrected chi connectivity index (χ3v) is 4.46. The second kappa shape index (κ2) is 11.2. The average molecular weight is 390 g/mol. The number of nitrogens with one attached hydrogen (secondary N) is 2. The maximum absolute atomic E-state index is 11.8. The summed E-state index contributed by atoms with van der Waals surface area (Å²) in [5.41, 5.74) is 1.86. The van der Waals surface area contributed by atoms with Crippen molar-refractivity contribution in [1.82, 2.24) is 15.1 Å². The SMILES string of the molecule is CCCC(=O)Nc1cccc(CNC(=NC)N2CCN(C(=O)OCC)CC2)c1. The van der Waals surface area contributed by atoms with Gasteiger partial charge in [-0.2, -0.15) is 0 Å². The molecule has 154 valence electrons. The van der Waals surface area contributed by atoms with Crippen LogP contribution in [0.2, 0.25) is 0 Å². The van der Waals surface area contributed by atoms with Crippen LogP contribution in [0.4, 0.5) is 10.5 Å². The van der Waals surface area contributed by atoms with Gasteiger partial charge < -0.3 is 25.2 Å². The van der Waals surface area contributed by atoms with Crippen molar-refractivity contribution >= 4 is 23.6 Å². The van der Waals surface area contributed by atoms with Gasteiger partial charge in [-0.3, -0.25) is 9.79 Å². The van der Waals surface area contributed by atoms with Gasteiger partial charge in [-0.05, 0) is 31.0 Å². The molecule has 1 saturated heterocycles. The number of hydrogen-bond donors (Lipinski definition) is 2. The average Bonchev–Trinajstić information content (AvgIpc) is 2.69. The summed E-state index contributed by atoms with van der Waals surface area (Å²) in [4.78, 5) is 31.8. The zero-order valence-electron chi connectivity index (χ0n) is 17.0. The molecule has 0 bridgehead atoms. The van der Waals surface area contributed by atoms with Crippen molar-refractivity contribution in [3.63, 3.8) is 0 Å². The predicted octanol–water partition coefficient (Wildman–Crippen LogP) is 2.27. The molecule has 0 aliphatic carbocycles. The first kappa shape index (κ1) is 21.5. The third kappa shape index (κ3) is 6.44. The van der Waals surface area contributed by atoms with Gasteiger partial charge in [0.1, 0.15) is 0 Å². The maximum atomic E-state index is 11.8. The summed E-state index contributed by atoms with van der Waals surface area (Å²) in [6.07, 6.45) is 1.09. The molecule has 0 saturated carbocycles. The van der Waals surface area contributed by atoms with Crippen molar-refractivity contribution < 1.29 is 14.3 Å². The lowest BCUT2D eigenvalue weighted by Gasteiger charge is -2.35.